The SMILES string of the molecule is COc1ccc(Br)cc1CN(C)c1nc2c(cnn2C)c(=O)[nH]1. The number of benzene rings is 1. The smallest absolute Gasteiger partial charge is 0.263 e. The first-order valence-corrected chi connectivity index (χ1v) is 7.74. The summed E-state index contributed by atoms with van der Waals surface area (Å²) < 4.78 is 7.93. The Hall–Kier alpha value is -2.35. The van der Waals surface area contributed by atoms with Gasteiger partial charge in [-0.1, -0.05) is 15.9 Å². The normalized spacial score (nSPS) is 11.0. The van der Waals surface area contributed by atoms with E-state index in [4.69, 9.17) is 4.74 Å². The van der Waals surface area contributed by atoms with Crippen LogP contribution in [-0.2, 0) is 13.6 Å². The molecule has 1 N–H and O–H groups in total. The first kappa shape index (κ1) is 15.5. The van der Waals surface area contributed by atoms with Crippen LogP contribution in [0.4, 0.5) is 5.95 Å². The first-order chi connectivity index (χ1) is 11.0. The molecular formula is C15H16BrN5O2. The van der Waals surface area contributed by atoms with Gasteiger partial charge in [0.15, 0.2) is 5.65 Å². The van der Waals surface area contributed by atoms with Gasteiger partial charge in [-0.3, -0.25) is 14.5 Å². The molecule has 0 atom stereocenters. The van der Waals surface area contributed by atoms with E-state index in [9.17, 15) is 4.79 Å². The van der Waals surface area contributed by atoms with E-state index >= 15 is 0 Å². The summed E-state index contributed by atoms with van der Waals surface area (Å²) in [7, 11) is 5.26. The fourth-order valence-electron chi connectivity index (χ4n) is 2.40. The molecule has 0 radical (unpaired) electrons. The average molecular weight is 378 g/mol. The van der Waals surface area contributed by atoms with Gasteiger partial charge < -0.3 is 9.64 Å². The van der Waals surface area contributed by atoms with Gasteiger partial charge in [-0.05, 0) is 18.2 Å². The predicted molar refractivity (Wildman–Crippen MR) is 91.9 cm³/mol. The molecule has 0 bridgehead atoms. The van der Waals surface area contributed by atoms with E-state index in [0.29, 0.717) is 23.5 Å². The van der Waals surface area contributed by atoms with Crippen LogP contribution >= 0.6 is 15.9 Å². The number of aromatic nitrogens is 4. The molecule has 0 amide bonds. The lowest BCUT2D eigenvalue weighted by molar-refractivity contribution is 0.409. The molecule has 0 aliphatic rings. The molecule has 0 fully saturated rings. The number of aromatic amines is 1. The van der Waals surface area contributed by atoms with Crippen molar-refractivity contribution < 1.29 is 4.74 Å². The van der Waals surface area contributed by atoms with Crippen molar-refractivity contribution in [2.24, 2.45) is 7.05 Å². The van der Waals surface area contributed by atoms with Crippen molar-refractivity contribution >= 4 is 32.9 Å². The van der Waals surface area contributed by atoms with Crippen LogP contribution in [0.1, 0.15) is 5.56 Å². The molecule has 2 heterocycles. The maximum Gasteiger partial charge on any atom is 0.263 e. The summed E-state index contributed by atoms with van der Waals surface area (Å²) in [5, 5.41) is 4.55. The number of anilines is 1. The highest BCUT2D eigenvalue weighted by molar-refractivity contribution is 9.10. The maximum absolute atomic E-state index is 12.1. The second-order valence-electron chi connectivity index (χ2n) is 5.21. The van der Waals surface area contributed by atoms with Crippen LogP contribution < -0.4 is 15.2 Å². The summed E-state index contributed by atoms with van der Waals surface area (Å²) in [5.41, 5.74) is 1.33. The zero-order valence-electron chi connectivity index (χ0n) is 13.0. The van der Waals surface area contributed by atoms with Crippen molar-refractivity contribution in [2.45, 2.75) is 6.54 Å². The molecule has 0 spiro atoms. The molecule has 3 rings (SSSR count). The highest BCUT2D eigenvalue weighted by Crippen LogP contribution is 2.25. The molecule has 7 nitrogen and oxygen atoms in total. The molecule has 0 unspecified atom stereocenters. The van der Waals surface area contributed by atoms with Crippen LogP contribution in [0.2, 0.25) is 0 Å². The second kappa shape index (κ2) is 6.04. The molecule has 0 saturated carbocycles. The minimum absolute atomic E-state index is 0.203. The Morgan fingerprint density at radius 3 is 2.96 bits per heavy atom. The van der Waals surface area contributed by atoms with Gasteiger partial charge in [0, 0.05) is 30.7 Å². The minimum atomic E-state index is -0.203. The molecule has 1 aromatic carbocycles. The van der Waals surface area contributed by atoms with Gasteiger partial charge in [-0.25, -0.2) is 0 Å². The Balaban J connectivity index is 1.98. The highest BCUT2D eigenvalue weighted by atomic mass is 79.9. The number of hydrogen-bond donors (Lipinski definition) is 1. The van der Waals surface area contributed by atoms with E-state index in [0.717, 1.165) is 15.8 Å². The largest absolute Gasteiger partial charge is 0.496 e. The summed E-state index contributed by atoms with van der Waals surface area (Å²) in [4.78, 5) is 21.3. The van der Waals surface area contributed by atoms with E-state index in [1.807, 2.05) is 30.1 Å². The van der Waals surface area contributed by atoms with E-state index in [1.54, 1.807) is 18.8 Å². The molecule has 0 aliphatic carbocycles. The predicted octanol–water partition coefficient (Wildman–Crippen LogP) is 2.06. The number of aryl methyl sites for hydroxylation is 1. The summed E-state index contributed by atoms with van der Waals surface area (Å²) in [6.45, 7) is 0.537. The van der Waals surface area contributed by atoms with Crippen LogP contribution in [0.5, 0.6) is 5.75 Å². The Kier molecular flexibility index (Phi) is 4.08. The first-order valence-electron chi connectivity index (χ1n) is 6.95. The zero-order valence-corrected chi connectivity index (χ0v) is 14.6. The molecule has 120 valence electrons. The Bertz CT molecular complexity index is 918. The zero-order chi connectivity index (χ0) is 16.6. The van der Waals surface area contributed by atoms with E-state index in [2.05, 4.69) is 31.0 Å². The topological polar surface area (TPSA) is 76.0 Å². The van der Waals surface area contributed by atoms with Crippen molar-refractivity contribution in [3.05, 3.63) is 44.8 Å². The van der Waals surface area contributed by atoms with Crippen LogP contribution in [0, 0.1) is 0 Å². The van der Waals surface area contributed by atoms with Crippen molar-refractivity contribution in [1.29, 1.82) is 0 Å². The summed E-state index contributed by atoms with van der Waals surface area (Å²) in [6.07, 6.45) is 1.52. The monoisotopic (exact) mass is 377 g/mol. The maximum atomic E-state index is 12.1. The molecule has 0 aliphatic heterocycles. The standard InChI is InChI=1S/C15H16BrN5O2/c1-20(8-9-6-10(16)4-5-12(9)23-3)15-18-13-11(14(22)19-15)7-17-21(13)2/h4-7H,8H2,1-3H3,(H,18,19,22). The number of halogens is 1. The average Bonchev–Trinajstić information content (AvgIpc) is 2.89. The molecule has 2 aromatic heterocycles. The fraction of sp³-hybridized carbons (Fsp3) is 0.267. The number of nitrogens with zero attached hydrogens (tertiary/aromatic N) is 4. The van der Waals surface area contributed by atoms with Gasteiger partial charge >= 0.3 is 0 Å². The molecule has 3 aromatic rings. The molecule has 8 heteroatoms. The Morgan fingerprint density at radius 1 is 1.43 bits per heavy atom. The van der Waals surface area contributed by atoms with Gasteiger partial charge in [0.05, 0.1) is 13.3 Å². The highest BCUT2D eigenvalue weighted by Gasteiger charge is 2.13. The van der Waals surface area contributed by atoms with E-state index in [-0.39, 0.29) is 5.56 Å². The number of hydrogen-bond acceptors (Lipinski definition) is 5. The van der Waals surface area contributed by atoms with Crippen molar-refractivity contribution in [3.63, 3.8) is 0 Å². The van der Waals surface area contributed by atoms with Crippen LogP contribution in [0.25, 0.3) is 11.0 Å². The number of H-pyrrole nitrogens is 1. The van der Waals surface area contributed by atoms with Gasteiger partial charge in [-0.15, -0.1) is 0 Å². The minimum Gasteiger partial charge on any atom is -0.496 e. The van der Waals surface area contributed by atoms with Crippen LogP contribution in [-0.4, -0.2) is 33.9 Å². The number of fused-ring (bicyclic) bond motifs is 1. The van der Waals surface area contributed by atoms with Crippen molar-refractivity contribution in [3.8, 4) is 5.75 Å². The fourth-order valence-corrected chi connectivity index (χ4v) is 2.81. The van der Waals surface area contributed by atoms with Crippen LogP contribution in [0.3, 0.4) is 0 Å². The lowest BCUT2D eigenvalue weighted by Gasteiger charge is -2.19. The quantitative estimate of drug-likeness (QED) is 0.752. The molecular weight excluding hydrogens is 362 g/mol. The van der Waals surface area contributed by atoms with E-state index in [1.165, 1.54) is 6.20 Å². The number of methoxy groups -OCH3 is 1. The number of ether oxygens (including phenoxy) is 1. The summed E-state index contributed by atoms with van der Waals surface area (Å²) in [6, 6.07) is 5.80. The van der Waals surface area contributed by atoms with Crippen molar-refractivity contribution in [1.82, 2.24) is 19.7 Å². The third-order valence-corrected chi connectivity index (χ3v) is 4.09. The van der Waals surface area contributed by atoms with Gasteiger partial charge in [-0.2, -0.15) is 10.1 Å². The Labute approximate surface area is 141 Å². The second-order valence-corrected chi connectivity index (χ2v) is 6.12. The molecule has 0 saturated heterocycles. The van der Waals surface area contributed by atoms with E-state index < -0.39 is 0 Å². The number of rotatable bonds is 4. The van der Waals surface area contributed by atoms with Crippen molar-refractivity contribution in [2.75, 3.05) is 19.1 Å². The van der Waals surface area contributed by atoms with Gasteiger partial charge in [0.25, 0.3) is 5.56 Å². The summed E-state index contributed by atoms with van der Waals surface area (Å²) >= 11 is 3.46. The lowest BCUT2D eigenvalue weighted by atomic mass is 10.2. The molecule has 23 heavy (non-hydrogen) atoms. The Morgan fingerprint density at radius 2 is 2.22 bits per heavy atom. The van der Waals surface area contributed by atoms with Gasteiger partial charge in [0.1, 0.15) is 11.1 Å². The van der Waals surface area contributed by atoms with Crippen LogP contribution in [0.15, 0.2) is 33.7 Å². The lowest BCUT2D eigenvalue weighted by Crippen LogP contribution is -2.23. The number of nitrogens with one attached hydrogen (secondary N) is 1. The summed E-state index contributed by atoms with van der Waals surface area (Å²) in [5.74, 6) is 1.26. The third-order valence-electron chi connectivity index (χ3n) is 3.60. The third kappa shape index (κ3) is 2.94. The van der Waals surface area contributed by atoms with Gasteiger partial charge in [0.2, 0.25) is 5.95 Å².